The lowest BCUT2D eigenvalue weighted by Crippen LogP contribution is -2.22. The predicted molar refractivity (Wildman–Crippen MR) is 116 cm³/mol. The van der Waals surface area contributed by atoms with Gasteiger partial charge in [0.15, 0.2) is 11.8 Å². The number of methoxy groups -OCH3 is 2. The molecule has 0 spiro atoms. The first-order chi connectivity index (χ1) is 12.7. The minimum absolute atomic E-state index is 0. The van der Waals surface area contributed by atoms with Crippen molar-refractivity contribution < 1.29 is 9.47 Å². The Balaban J connectivity index is 0.00000261. The summed E-state index contributed by atoms with van der Waals surface area (Å²) in [7, 11) is 3.25. The van der Waals surface area contributed by atoms with E-state index < -0.39 is 0 Å². The van der Waals surface area contributed by atoms with Crippen LogP contribution in [-0.2, 0) is 6.54 Å². The molecule has 0 saturated heterocycles. The fourth-order valence-corrected chi connectivity index (χ4v) is 2.26. The zero-order chi connectivity index (χ0) is 18.4. The molecule has 0 aliphatic heterocycles. The Morgan fingerprint density at radius 1 is 1.04 bits per heavy atom. The SMILES string of the molecule is COc1ccc(NC(N)=NCc2nc(-c3ccc(OC)cc3)n[nH]2)cc1.I. The van der Waals surface area contributed by atoms with Crippen molar-refractivity contribution in [2.24, 2.45) is 10.7 Å². The highest BCUT2D eigenvalue weighted by Gasteiger charge is 2.06. The first-order valence-electron chi connectivity index (χ1n) is 7.94. The number of nitrogens with two attached hydrogens (primary N) is 1. The summed E-state index contributed by atoms with van der Waals surface area (Å²) in [6.07, 6.45) is 0. The molecule has 0 saturated carbocycles. The number of rotatable bonds is 6. The topological polar surface area (TPSA) is 110 Å². The lowest BCUT2D eigenvalue weighted by molar-refractivity contribution is 0.415. The number of nitrogens with one attached hydrogen (secondary N) is 2. The monoisotopic (exact) mass is 480 g/mol. The maximum Gasteiger partial charge on any atom is 0.193 e. The largest absolute Gasteiger partial charge is 0.497 e. The molecule has 142 valence electrons. The molecule has 1 aromatic heterocycles. The molecule has 8 nitrogen and oxygen atoms in total. The van der Waals surface area contributed by atoms with Gasteiger partial charge >= 0.3 is 0 Å². The molecule has 1 heterocycles. The van der Waals surface area contributed by atoms with Crippen LogP contribution in [0.4, 0.5) is 5.69 Å². The van der Waals surface area contributed by atoms with Gasteiger partial charge in [0.1, 0.15) is 23.9 Å². The molecule has 0 atom stereocenters. The molecule has 3 rings (SSSR count). The van der Waals surface area contributed by atoms with E-state index in [0.717, 1.165) is 22.7 Å². The minimum atomic E-state index is 0. The van der Waals surface area contributed by atoms with Gasteiger partial charge in [-0.25, -0.2) is 9.98 Å². The van der Waals surface area contributed by atoms with Crippen LogP contribution < -0.4 is 20.5 Å². The summed E-state index contributed by atoms with van der Waals surface area (Å²) in [5.41, 5.74) is 7.62. The van der Waals surface area contributed by atoms with E-state index in [1.54, 1.807) is 14.2 Å². The van der Waals surface area contributed by atoms with Gasteiger partial charge in [0.05, 0.1) is 14.2 Å². The number of benzene rings is 2. The standard InChI is InChI=1S/C18H20N6O2.HI/c1-25-14-7-3-12(4-8-14)17-22-16(23-24-17)11-20-18(19)21-13-5-9-15(26-2)10-6-13;/h3-10H,11H2,1-2H3,(H3,19,20,21)(H,22,23,24);1H. The van der Waals surface area contributed by atoms with Crippen LogP contribution in [0.3, 0.4) is 0 Å². The zero-order valence-electron chi connectivity index (χ0n) is 15.0. The van der Waals surface area contributed by atoms with Crippen molar-refractivity contribution >= 4 is 35.6 Å². The molecular weight excluding hydrogens is 459 g/mol. The van der Waals surface area contributed by atoms with Gasteiger partial charge < -0.3 is 20.5 Å². The Kier molecular flexibility index (Phi) is 7.41. The normalized spacial score (nSPS) is 10.8. The van der Waals surface area contributed by atoms with Crippen molar-refractivity contribution in [1.82, 2.24) is 15.2 Å². The molecule has 3 aromatic rings. The molecule has 27 heavy (non-hydrogen) atoms. The average Bonchev–Trinajstić information content (AvgIpc) is 3.16. The number of ether oxygens (including phenoxy) is 2. The van der Waals surface area contributed by atoms with E-state index in [2.05, 4.69) is 25.5 Å². The summed E-state index contributed by atoms with van der Waals surface area (Å²) >= 11 is 0. The van der Waals surface area contributed by atoms with Gasteiger partial charge in [-0.05, 0) is 48.5 Å². The molecule has 0 amide bonds. The van der Waals surface area contributed by atoms with E-state index in [1.165, 1.54) is 0 Å². The summed E-state index contributed by atoms with van der Waals surface area (Å²) < 4.78 is 10.3. The van der Waals surface area contributed by atoms with Gasteiger partial charge in [0.2, 0.25) is 0 Å². The number of aromatic nitrogens is 3. The summed E-state index contributed by atoms with van der Waals surface area (Å²) in [5, 5.41) is 10.1. The average molecular weight is 480 g/mol. The number of hydrogen-bond donors (Lipinski definition) is 3. The minimum Gasteiger partial charge on any atom is -0.497 e. The number of nitrogens with zero attached hydrogens (tertiary/aromatic N) is 3. The predicted octanol–water partition coefficient (Wildman–Crippen LogP) is 3.03. The third-order valence-corrected chi connectivity index (χ3v) is 3.64. The summed E-state index contributed by atoms with van der Waals surface area (Å²) in [6, 6.07) is 14.9. The van der Waals surface area contributed by atoms with E-state index in [4.69, 9.17) is 15.2 Å². The number of anilines is 1. The van der Waals surface area contributed by atoms with Crippen LogP contribution in [0.15, 0.2) is 53.5 Å². The van der Waals surface area contributed by atoms with E-state index in [0.29, 0.717) is 11.6 Å². The number of guanidine groups is 1. The van der Waals surface area contributed by atoms with Crippen molar-refractivity contribution in [3.05, 3.63) is 54.4 Å². The second-order valence-electron chi connectivity index (χ2n) is 5.39. The highest BCUT2D eigenvalue weighted by atomic mass is 127. The highest BCUT2D eigenvalue weighted by Crippen LogP contribution is 2.19. The molecule has 0 unspecified atom stereocenters. The summed E-state index contributed by atoms with van der Waals surface area (Å²) in [4.78, 5) is 8.69. The Hall–Kier alpha value is -2.82. The lowest BCUT2D eigenvalue weighted by atomic mass is 10.2. The summed E-state index contributed by atoms with van der Waals surface area (Å²) in [5.74, 6) is 3.07. The van der Waals surface area contributed by atoms with Crippen molar-refractivity contribution in [2.75, 3.05) is 19.5 Å². The zero-order valence-corrected chi connectivity index (χ0v) is 17.3. The van der Waals surface area contributed by atoms with Crippen molar-refractivity contribution in [2.45, 2.75) is 6.54 Å². The highest BCUT2D eigenvalue weighted by molar-refractivity contribution is 14.0. The molecule has 0 bridgehead atoms. The van der Waals surface area contributed by atoms with Crippen LogP contribution in [0.5, 0.6) is 11.5 Å². The van der Waals surface area contributed by atoms with Crippen LogP contribution in [0.2, 0.25) is 0 Å². The fraction of sp³-hybridized carbons (Fsp3) is 0.167. The number of halogens is 1. The van der Waals surface area contributed by atoms with Crippen LogP contribution in [0.25, 0.3) is 11.4 Å². The van der Waals surface area contributed by atoms with Crippen LogP contribution >= 0.6 is 24.0 Å². The number of hydrogen-bond acceptors (Lipinski definition) is 5. The van der Waals surface area contributed by atoms with E-state index >= 15 is 0 Å². The second kappa shape index (κ2) is 9.76. The first-order valence-corrected chi connectivity index (χ1v) is 7.94. The molecule has 9 heteroatoms. The number of aliphatic imine (C=N–C) groups is 1. The van der Waals surface area contributed by atoms with Crippen molar-refractivity contribution in [3.8, 4) is 22.9 Å². The fourth-order valence-electron chi connectivity index (χ4n) is 2.26. The molecule has 0 fully saturated rings. The van der Waals surface area contributed by atoms with Gasteiger partial charge in [-0.1, -0.05) is 0 Å². The van der Waals surface area contributed by atoms with Crippen molar-refractivity contribution in [1.29, 1.82) is 0 Å². The van der Waals surface area contributed by atoms with Gasteiger partial charge in [-0.2, -0.15) is 5.10 Å². The Morgan fingerprint density at radius 3 is 2.22 bits per heavy atom. The van der Waals surface area contributed by atoms with Crippen LogP contribution in [0, 0.1) is 0 Å². The van der Waals surface area contributed by atoms with Crippen LogP contribution in [-0.4, -0.2) is 35.4 Å². The van der Waals surface area contributed by atoms with Crippen LogP contribution in [0.1, 0.15) is 5.82 Å². The van der Waals surface area contributed by atoms with E-state index in [-0.39, 0.29) is 36.5 Å². The second-order valence-corrected chi connectivity index (χ2v) is 5.39. The Morgan fingerprint density at radius 2 is 1.63 bits per heavy atom. The maximum absolute atomic E-state index is 5.91. The van der Waals surface area contributed by atoms with E-state index in [9.17, 15) is 0 Å². The Labute approximate surface area is 174 Å². The molecule has 0 aliphatic carbocycles. The lowest BCUT2D eigenvalue weighted by Gasteiger charge is -2.06. The third kappa shape index (κ3) is 5.58. The van der Waals surface area contributed by atoms with Gasteiger partial charge in [0, 0.05) is 11.3 Å². The van der Waals surface area contributed by atoms with E-state index in [1.807, 2.05) is 48.5 Å². The Bertz CT molecular complexity index is 878. The number of H-pyrrole nitrogens is 1. The van der Waals surface area contributed by atoms with Gasteiger partial charge in [-0.3, -0.25) is 5.10 Å². The maximum atomic E-state index is 5.91. The molecule has 4 N–H and O–H groups in total. The molecule has 2 aromatic carbocycles. The van der Waals surface area contributed by atoms with Gasteiger partial charge in [0.25, 0.3) is 0 Å². The van der Waals surface area contributed by atoms with Crippen molar-refractivity contribution in [3.63, 3.8) is 0 Å². The van der Waals surface area contributed by atoms with Gasteiger partial charge in [-0.15, -0.1) is 24.0 Å². The quantitative estimate of drug-likeness (QED) is 0.284. The summed E-state index contributed by atoms with van der Waals surface area (Å²) in [6.45, 7) is 0.290. The molecule has 0 aliphatic rings. The third-order valence-electron chi connectivity index (χ3n) is 3.64. The molecule has 0 radical (unpaired) electrons. The smallest absolute Gasteiger partial charge is 0.193 e. The first kappa shape index (κ1) is 20.5. The molecular formula is C18H21IN6O2. The number of aromatic amines is 1.